The molecule has 98 valence electrons. The van der Waals surface area contributed by atoms with Gasteiger partial charge in [0.2, 0.25) is 0 Å². The molecule has 0 spiro atoms. The first-order valence-electron chi connectivity index (χ1n) is 6.05. The van der Waals surface area contributed by atoms with Gasteiger partial charge in [0.15, 0.2) is 0 Å². The van der Waals surface area contributed by atoms with Crippen LogP contribution in [0.2, 0.25) is 4.34 Å². The molecular weight excluding hydrogens is 266 g/mol. The van der Waals surface area contributed by atoms with Crippen LogP contribution in [0.5, 0.6) is 0 Å². The molecule has 0 amide bonds. The van der Waals surface area contributed by atoms with E-state index in [2.05, 4.69) is 29.5 Å². The lowest BCUT2D eigenvalue weighted by Gasteiger charge is -2.24. The Morgan fingerprint density at radius 1 is 1.44 bits per heavy atom. The van der Waals surface area contributed by atoms with E-state index >= 15 is 0 Å². The molecule has 3 nitrogen and oxygen atoms in total. The van der Waals surface area contributed by atoms with E-state index in [1.807, 2.05) is 19.3 Å². The molecule has 2 aromatic heterocycles. The van der Waals surface area contributed by atoms with Gasteiger partial charge in [-0.2, -0.15) is 0 Å². The Morgan fingerprint density at radius 2 is 2.17 bits per heavy atom. The summed E-state index contributed by atoms with van der Waals surface area (Å²) in [4.78, 5) is 5.55. The normalized spacial score (nSPS) is 14.7. The van der Waals surface area contributed by atoms with Crippen molar-refractivity contribution in [2.24, 2.45) is 5.73 Å². The fraction of sp³-hybridized carbons (Fsp3) is 0.462. The van der Waals surface area contributed by atoms with Crippen LogP contribution in [0.4, 0.5) is 0 Å². The van der Waals surface area contributed by atoms with Crippen LogP contribution < -0.4 is 5.73 Å². The van der Waals surface area contributed by atoms with Crippen LogP contribution in [-0.2, 0) is 0 Å². The number of hydrogen-bond acceptors (Lipinski definition) is 3. The second-order valence-electron chi connectivity index (χ2n) is 4.48. The summed E-state index contributed by atoms with van der Waals surface area (Å²) in [6, 6.07) is 4.17. The molecule has 0 bridgehead atoms. The molecule has 2 rings (SSSR count). The third kappa shape index (κ3) is 2.46. The highest BCUT2D eigenvalue weighted by Gasteiger charge is 2.23. The van der Waals surface area contributed by atoms with Gasteiger partial charge in [0.25, 0.3) is 0 Å². The molecule has 0 saturated heterocycles. The summed E-state index contributed by atoms with van der Waals surface area (Å²) in [5.74, 6) is 0. The first-order chi connectivity index (χ1) is 8.54. The maximum absolute atomic E-state index is 6.28. The van der Waals surface area contributed by atoms with Crippen molar-refractivity contribution in [2.75, 3.05) is 0 Å². The predicted octanol–water partition coefficient (Wildman–Crippen LogP) is 3.54. The number of imidazole rings is 1. The Balaban J connectivity index is 2.46. The number of aromatic nitrogens is 2. The van der Waals surface area contributed by atoms with E-state index in [9.17, 15) is 0 Å². The van der Waals surface area contributed by atoms with Crippen molar-refractivity contribution in [2.45, 2.75) is 39.3 Å². The minimum absolute atomic E-state index is 0.0621. The molecule has 2 heterocycles. The molecule has 2 unspecified atom stereocenters. The number of thiophene rings is 1. The molecule has 0 aliphatic heterocycles. The van der Waals surface area contributed by atoms with Crippen LogP contribution in [0, 0.1) is 13.8 Å². The highest BCUT2D eigenvalue weighted by Crippen LogP contribution is 2.32. The SMILES string of the molecule is CCC(N)C(c1ccc(Cl)s1)n1cnc(C)c1C. The van der Waals surface area contributed by atoms with Crippen molar-refractivity contribution < 1.29 is 0 Å². The van der Waals surface area contributed by atoms with Crippen LogP contribution >= 0.6 is 22.9 Å². The van der Waals surface area contributed by atoms with Gasteiger partial charge in [-0.25, -0.2) is 4.98 Å². The molecule has 18 heavy (non-hydrogen) atoms. The van der Waals surface area contributed by atoms with Gasteiger partial charge in [-0.05, 0) is 32.4 Å². The molecule has 2 atom stereocenters. The third-order valence-electron chi connectivity index (χ3n) is 3.35. The smallest absolute Gasteiger partial charge is 0.0958 e. The van der Waals surface area contributed by atoms with Crippen molar-refractivity contribution >= 4 is 22.9 Å². The molecule has 5 heteroatoms. The summed E-state index contributed by atoms with van der Waals surface area (Å²) >= 11 is 7.63. The summed E-state index contributed by atoms with van der Waals surface area (Å²) in [6.07, 6.45) is 2.79. The standard InChI is InChI=1S/C13H18ClN3S/c1-4-10(15)13(11-5-6-12(14)18-11)17-7-16-8(2)9(17)3/h5-7,10,13H,4,15H2,1-3H3. The molecule has 2 N–H and O–H groups in total. The van der Waals surface area contributed by atoms with Gasteiger partial charge >= 0.3 is 0 Å². The molecular formula is C13H18ClN3S. The van der Waals surface area contributed by atoms with Gasteiger partial charge in [0, 0.05) is 16.6 Å². The van der Waals surface area contributed by atoms with E-state index in [0.29, 0.717) is 0 Å². The minimum Gasteiger partial charge on any atom is -0.326 e. The first kappa shape index (κ1) is 13.6. The maximum Gasteiger partial charge on any atom is 0.0958 e. The van der Waals surface area contributed by atoms with Gasteiger partial charge in [-0.1, -0.05) is 18.5 Å². The van der Waals surface area contributed by atoms with Crippen molar-refractivity contribution in [3.05, 3.63) is 39.1 Å². The van der Waals surface area contributed by atoms with Crippen molar-refractivity contribution in [1.29, 1.82) is 0 Å². The Hall–Kier alpha value is -0.840. The molecule has 2 aromatic rings. The zero-order valence-electron chi connectivity index (χ0n) is 10.9. The minimum atomic E-state index is 0.0621. The average molecular weight is 284 g/mol. The number of halogens is 1. The molecule has 0 saturated carbocycles. The number of nitrogens with zero attached hydrogens (tertiary/aromatic N) is 2. The summed E-state index contributed by atoms with van der Waals surface area (Å²) in [6.45, 7) is 6.20. The second kappa shape index (κ2) is 5.43. The molecule has 0 aliphatic carbocycles. The monoisotopic (exact) mass is 283 g/mol. The molecule has 0 aliphatic rings. The third-order valence-corrected chi connectivity index (χ3v) is 4.65. The lowest BCUT2D eigenvalue weighted by molar-refractivity contribution is 0.458. The highest BCUT2D eigenvalue weighted by molar-refractivity contribution is 7.16. The number of nitrogens with two attached hydrogens (primary N) is 1. The summed E-state index contributed by atoms with van der Waals surface area (Å²) in [5, 5.41) is 0. The predicted molar refractivity (Wildman–Crippen MR) is 77.4 cm³/mol. The van der Waals surface area contributed by atoms with Crippen LogP contribution in [0.3, 0.4) is 0 Å². The Morgan fingerprint density at radius 3 is 2.61 bits per heavy atom. The highest BCUT2D eigenvalue weighted by atomic mass is 35.5. The quantitative estimate of drug-likeness (QED) is 0.933. The Bertz CT molecular complexity index is 532. The lowest BCUT2D eigenvalue weighted by atomic mass is 10.0. The van der Waals surface area contributed by atoms with E-state index in [-0.39, 0.29) is 12.1 Å². The van der Waals surface area contributed by atoms with Crippen LogP contribution in [0.1, 0.15) is 35.7 Å². The van der Waals surface area contributed by atoms with Crippen molar-refractivity contribution in [1.82, 2.24) is 9.55 Å². The largest absolute Gasteiger partial charge is 0.326 e. The van der Waals surface area contributed by atoms with Crippen LogP contribution in [0.25, 0.3) is 0 Å². The van der Waals surface area contributed by atoms with Gasteiger partial charge in [-0.3, -0.25) is 0 Å². The summed E-state index contributed by atoms with van der Waals surface area (Å²) in [5.41, 5.74) is 8.49. The van der Waals surface area contributed by atoms with E-state index in [4.69, 9.17) is 17.3 Å². The Kier molecular flexibility index (Phi) is 4.10. The Labute approximate surface area is 117 Å². The summed E-state index contributed by atoms with van der Waals surface area (Å²) in [7, 11) is 0. The van der Waals surface area contributed by atoms with Gasteiger partial charge in [0.1, 0.15) is 0 Å². The molecule has 0 radical (unpaired) electrons. The van der Waals surface area contributed by atoms with Crippen LogP contribution in [-0.4, -0.2) is 15.6 Å². The van der Waals surface area contributed by atoms with E-state index < -0.39 is 0 Å². The fourth-order valence-corrected chi connectivity index (χ4v) is 3.30. The van der Waals surface area contributed by atoms with E-state index in [1.165, 1.54) is 4.88 Å². The second-order valence-corrected chi connectivity index (χ2v) is 6.23. The van der Waals surface area contributed by atoms with Gasteiger partial charge in [0.05, 0.1) is 22.4 Å². The number of hydrogen-bond donors (Lipinski definition) is 1. The van der Waals surface area contributed by atoms with Gasteiger partial charge < -0.3 is 10.3 Å². The number of rotatable bonds is 4. The van der Waals surface area contributed by atoms with E-state index in [0.717, 1.165) is 22.1 Å². The van der Waals surface area contributed by atoms with Gasteiger partial charge in [-0.15, -0.1) is 11.3 Å². The summed E-state index contributed by atoms with van der Waals surface area (Å²) < 4.78 is 2.96. The fourth-order valence-electron chi connectivity index (χ4n) is 2.06. The molecule has 0 fully saturated rings. The molecule has 0 aromatic carbocycles. The first-order valence-corrected chi connectivity index (χ1v) is 7.24. The van der Waals surface area contributed by atoms with Crippen molar-refractivity contribution in [3.63, 3.8) is 0 Å². The number of aryl methyl sites for hydroxylation is 1. The van der Waals surface area contributed by atoms with E-state index in [1.54, 1.807) is 11.3 Å². The zero-order chi connectivity index (χ0) is 13.3. The zero-order valence-corrected chi connectivity index (χ0v) is 12.4. The topological polar surface area (TPSA) is 43.8 Å². The lowest BCUT2D eigenvalue weighted by Crippen LogP contribution is -2.32. The van der Waals surface area contributed by atoms with Crippen LogP contribution in [0.15, 0.2) is 18.5 Å². The van der Waals surface area contributed by atoms with Crippen molar-refractivity contribution in [3.8, 4) is 0 Å². The maximum atomic E-state index is 6.28. The average Bonchev–Trinajstić information content (AvgIpc) is 2.90.